The monoisotopic (exact) mass is 643 g/mol. The number of anilines is 2. The van der Waals surface area contributed by atoms with Gasteiger partial charge in [-0.05, 0) is 92.7 Å². The van der Waals surface area contributed by atoms with E-state index in [1.165, 1.54) is 53.2 Å². The Balaban J connectivity index is 1.06. The predicted octanol–water partition coefficient (Wildman–Crippen LogP) is 13.9. The Kier molecular flexibility index (Phi) is 6.39. The molecule has 2 aromatic heterocycles. The van der Waals surface area contributed by atoms with E-state index in [9.17, 15) is 0 Å². The maximum absolute atomic E-state index is 6.49. The van der Waals surface area contributed by atoms with Gasteiger partial charge < -0.3 is 9.73 Å². The minimum Gasteiger partial charge on any atom is -0.456 e. The highest BCUT2D eigenvalue weighted by atomic mass is 32.1. The first-order chi connectivity index (χ1) is 24.3. The topological polar surface area (TPSA) is 25.2 Å². The number of fused-ring (bicyclic) bond motifs is 7. The molecule has 8 aromatic carbocycles. The van der Waals surface area contributed by atoms with E-state index in [2.05, 4.69) is 175 Å². The lowest BCUT2D eigenvalue weighted by molar-refractivity contribution is 0.669. The Hall–Kier alpha value is -6.16. The zero-order valence-corrected chi connectivity index (χ0v) is 27.3. The van der Waals surface area contributed by atoms with Gasteiger partial charge in [0.1, 0.15) is 11.2 Å². The zero-order chi connectivity index (χ0) is 32.3. The second-order valence-electron chi connectivity index (χ2n) is 12.6. The summed E-state index contributed by atoms with van der Waals surface area (Å²) in [4.78, 5) is 0. The molecular weight excluding hydrogens is 615 g/mol. The lowest BCUT2D eigenvalue weighted by Gasteiger charge is -2.12. The molecule has 49 heavy (non-hydrogen) atoms. The van der Waals surface area contributed by atoms with Crippen molar-refractivity contribution < 1.29 is 4.42 Å². The molecule has 0 amide bonds. The number of rotatable bonds is 5. The molecule has 10 aromatic rings. The lowest BCUT2D eigenvalue weighted by atomic mass is 9.93. The second-order valence-corrected chi connectivity index (χ2v) is 13.7. The molecule has 2 nitrogen and oxygen atoms in total. The van der Waals surface area contributed by atoms with Crippen molar-refractivity contribution in [2.24, 2.45) is 0 Å². The van der Waals surface area contributed by atoms with E-state index in [4.69, 9.17) is 4.42 Å². The summed E-state index contributed by atoms with van der Waals surface area (Å²) in [6.45, 7) is 0. The van der Waals surface area contributed by atoms with Gasteiger partial charge in [-0.3, -0.25) is 0 Å². The fourth-order valence-electron chi connectivity index (χ4n) is 7.38. The largest absolute Gasteiger partial charge is 0.456 e. The number of nitrogens with one attached hydrogen (secondary N) is 1. The van der Waals surface area contributed by atoms with E-state index in [0.29, 0.717) is 0 Å². The summed E-state index contributed by atoms with van der Waals surface area (Å²) in [6.07, 6.45) is 0. The number of hydrogen-bond donors (Lipinski definition) is 1. The van der Waals surface area contributed by atoms with E-state index in [1.807, 2.05) is 11.3 Å². The molecule has 0 bridgehead atoms. The molecule has 3 heteroatoms. The van der Waals surface area contributed by atoms with Crippen molar-refractivity contribution >= 4 is 75.6 Å². The first-order valence-corrected chi connectivity index (χ1v) is 17.4. The van der Waals surface area contributed by atoms with Crippen molar-refractivity contribution in [2.45, 2.75) is 0 Å². The molecular formula is C46H29NOS. The number of benzene rings is 8. The zero-order valence-electron chi connectivity index (χ0n) is 26.5. The van der Waals surface area contributed by atoms with Crippen molar-refractivity contribution in [1.29, 1.82) is 0 Å². The molecule has 1 N–H and O–H groups in total. The van der Waals surface area contributed by atoms with Crippen LogP contribution in [0.3, 0.4) is 0 Å². The van der Waals surface area contributed by atoms with Crippen LogP contribution in [0.4, 0.5) is 11.4 Å². The van der Waals surface area contributed by atoms with Crippen LogP contribution < -0.4 is 5.32 Å². The molecule has 0 radical (unpaired) electrons. The second kappa shape index (κ2) is 11.2. The summed E-state index contributed by atoms with van der Waals surface area (Å²) in [5.74, 6) is 0. The van der Waals surface area contributed by atoms with Crippen LogP contribution in [0.15, 0.2) is 174 Å². The van der Waals surface area contributed by atoms with Crippen LogP contribution in [0, 0.1) is 0 Å². The highest BCUT2D eigenvalue weighted by Crippen LogP contribution is 2.42. The van der Waals surface area contributed by atoms with Crippen molar-refractivity contribution in [1.82, 2.24) is 0 Å². The highest BCUT2D eigenvalue weighted by Gasteiger charge is 2.17. The van der Waals surface area contributed by atoms with Gasteiger partial charge in [-0.15, -0.1) is 11.3 Å². The maximum Gasteiger partial charge on any atom is 0.137 e. The van der Waals surface area contributed by atoms with Gasteiger partial charge >= 0.3 is 0 Å². The summed E-state index contributed by atoms with van der Waals surface area (Å²) in [7, 11) is 0. The summed E-state index contributed by atoms with van der Waals surface area (Å²) < 4.78 is 9.12. The lowest BCUT2D eigenvalue weighted by Crippen LogP contribution is -1.92. The van der Waals surface area contributed by atoms with Gasteiger partial charge in [0, 0.05) is 31.2 Å². The molecule has 0 aliphatic carbocycles. The van der Waals surface area contributed by atoms with Crippen LogP contribution >= 0.6 is 11.3 Å². The van der Waals surface area contributed by atoms with Crippen LogP contribution in [0.2, 0.25) is 0 Å². The van der Waals surface area contributed by atoms with E-state index < -0.39 is 0 Å². The Morgan fingerprint density at radius 1 is 0.408 bits per heavy atom. The Bertz CT molecular complexity index is 2870. The fraction of sp³-hybridized carbons (Fsp3) is 0. The van der Waals surface area contributed by atoms with Gasteiger partial charge in [0.05, 0.1) is 11.1 Å². The van der Waals surface area contributed by atoms with E-state index in [0.717, 1.165) is 44.4 Å². The average molecular weight is 644 g/mol. The first kappa shape index (κ1) is 27.9. The predicted molar refractivity (Wildman–Crippen MR) is 210 cm³/mol. The van der Waals surface area contributed by atoms with E-state index in [1.54, 1.807) is 0 Å². The normalized spacial score (nSPS) is 11.7. The van der Waals surface area contributed by atoms with Gasteiger partial charge in [-0.25, -0.2) is 0 Å². The number of thiophene rings is 1. The summed E-state index contributed by atoms with van der Waals surface area (Å²) in [6, 6.07) is 60.8. The maximum atomic E-state index is 6.49. The molecule has 230 valence electrons. The number of hydrogen-bond acceptors (Lipinski definition) is 3. The minimum atomic E-state index is 0.865. The molecule has 10 rings (SSSR count). The van der Waals surface area contributed by atoms with Gasteiger partial charge in [0.25, 0.3) is 0 Å². The van der Waals surface area contributed by atoms with Crippen molar-refractivity contribution in [3.63, 3.8) is 0 Å². The van der Waals surface area contributed by atoms with Crippen LogP contribution in [-0.2, 0) is 0 Å². The molecule has 0 aliphatic heterocycles. The van der Waals surface area contributed by atoms with Gasteiger partial charge in [-0.1, -0.05) is 121 Å². The number of furan rings is 1. The van der Waals surface area contributed by atoms with Gasteiger partial charge in [0.15, 0.2) is 0 Å². The average Bonchev–Trinajstić information content (AvgIpc) is 3.73. The third-order valence-corrected chi connectivity index (χ3v) is 10.8. The van der Waals surface area contributed by atoms with Crippen molar-refractivity contribution in [3.05, 3.63) is 170 Å². The van der Waals surface area contributed by atoms with Gasteiger partial charge in [-0.2, -0.15) is 0 Å². The molecule has 0 spiro atoms. The highest BCUT2D eigenvalue weighted by molar-refractivity contribution is 7.25. The van der Waals surface area contributed by atoms with Gasteiger partial charge in [0.2, 0.25) is 0 Å². The van der Waals surface area contributed by atoms with Crippen molar-refractivity contribution in [3.8, 4) is 33.4 Å². The first-order valence-electron chi connectivity index (χ1n) is 16.6. The summed E-state index contributed by atoms with van der Waals surface area (Å²) >= 11 is 1.85. The molecule has 0 unspecified atom stereocenters. The Labute approximate surface area is 287 Å². The standard InChI is InChI=1S/C46H29NOS/c1-2-16-35-29(10-1)11-7-18-36(35)32-13-5-14-33(26-32)37-19-8-21-41-45(37)46-40(20-9-22-42(46)48-41)47-34-15-6-12-30(27-34)31-24-25-39-38-17-3-4-23-43(38)49-44(39)28-31/h1-28,47H. The quantitative estimate of drug-likeness (QED) is 0.202. The summed E-state index contributed by atoms with van der Waals surface area (Å²) in [5.41, 5.74) is 10.9. The smallest absolute Gasteiger partial charge is 0.137 e. The molecule has 0 fully saturated rings. The molecule has 2 heterocycles. The van der Waals surface area contributed by atoms with Crippen LogP contribution in [0.25, 0.3) is 86.3 Å². The minimum absolute atomic E-state index is 0.865. The van der Waals surface area contributed by atoms with Crippen LogP contribution in [-0.4, -0.2) is 0 Å². The Morgan fingerprint density at radius 2 is 1.06 bits per heavy atom. The van der Waals surface area contributed by atoms with Crippen LogP contribution in [0.1, 0.15) is 0 Å². The molecule has 0 atom stereocenters. The third-order valence-electron chi connectivity index (χ3n) is 9.65. The van der Waals surface area contributed by atoms with Crippen molar-refractivity contribution in [2.75, 3.05) is 5.32 Å². The summed E-state index contributed by atoms with van der Waals surface area (Å²) in [5, 5.41) is 11.1. The van der Waals surface area contributed by atoms with Crippen LogP contribution in [0.5, 0.6) is 0 Å². The molecule has 0 saturated carbocycles. The SMILES string of the molecule is c1cc(Nc2cccc3oc4cccc(-c5cccc(-c6cccc7ccccc67)c5)c4c23)cc(-c2ccc3c(c2)sc2ccccc23)c1. The molecule has 0 saturated heterocycles. The molecule has 0 aliphatic rings. The van der Waals surface area contributed by atoms with E-state index in [-0.39, 0.29) is 0 Å². The van der Waals surface area contributed by atoms with E-state index >= 15 is 0 Å². The third kappa shape index (κ3) is 4.70. The fourth-order valence-corrected chi connectivity index (χ4v) is 8.53. The Morgan fingerprint density at radius 3 is 2.00 bits per heavy atom.